The van der Waals surface area contributed by atoms with Crippen LogP contribution in [0.3, 0.4) is 0 Å². The Morgan fingerprint density at radius 1 is 1.36 bits per heavy atom. The molecule has 0 atom stereocenters. The summed E-state index contributed by atoms with van der Waals surface area (Å²) in [6.07, 6.45) is 8.08. The summed E-state index contributed by atoms with van der Waals surface area (Å²) in [5.74, 6) is 0.554. The molecule has 3 heterocycles. The lowest BCUT2D eigenvalue weighted by molar-refractivity contribution is 0.700. The van der Waals surface area contributed by atoms with Crippen LogP contribution in [-0.4, -0.2) is 14.5 Å². The van der Waals surface area contributed by atoms with Gasteiger partial charge in [-0.1, -0.05) is 0 Å². The second-order valence-corrected chi connectivity index (χ2v) is 7.50. The van der Waals surface area contributed by atoms with Crippen LogP contribution in [0.15, 0.2) is 10.9 Å². The quantitative estimate of drug-likeness (QED) is 0.768. The molecule has 1 aliphatic carbocycles. The third-order valence-corrected chi connectivity index (χ3v) is 6.14. The monoisotopic (exact) mass is 350 g/mol. The minimum absolute atomic E-state index is 0.0495. The maximum absolute atomic E-state index is 12.5. The highest BCUT2D eigenvalue weighted by molar-refractivity contribution is 7.18. The van der Waals surface area contributed by atoms with Gasteiger partial charge in [-0.25, -0.2) is 4.98 Å². The van der Waals surface area contributed by atoms with E-state index in [0.717, 1.165) is 40.7 Å². The summed E-state index contributed by atoms with van der Waals surface area (Å²) in [4.78, 5) is 22.2. The highest BCUT2D eigenvalue weighted by atomic mass is 32.1. The topological polar surface area (TPSA) is 74.5 Å². The second-order valence-electron chi connectivity index (χ2n) is 6.42. The van der Waals surface area contributed by atoms with Crippen molar-refractivity contribution < 1.29 is 0 Å². The standard InChI is InChI=1S/C19H18N4OS/c1-11-12(9-13(10-20)23(11)2)7-8-16-21-18(24)17-14-5-3-4-6-15(14)25-19(17)22-16/h7-9H,3-6H2,1-2H3,(H,21,22,24)/b8-7+. The number of fused-ring (bicyclic) bond motifs is 3. The number of hydrogen-bond donors (Lipinski definition) is 1. The van der Waals surface area contributed by atoms with Gasteiger partial charge in [0.15, 0.2) is 0 Å². The van der Waals surface area contributed by atoms with Crippen molar-refractivity contribution in [1.29, 1.82) is 5.26 Å². The number of nitrogens with zero attached hydrogens (tertiary/aromatic N) is 3. The van der Waals surface area contributed by atoms with Gasteiger partial charge in [0.25, 0.3) is 5.56 Å². The van der Waals surface area contributed by atoms with E-state index in [-0.39, 0.29) is 5.56 Å². The van der Waals surface area contributed by atoms with E-state index in [0.29, 0.717) is 11.5 Å². The van der Waals surface area contributed by atoms with E-state index < -0.39 is 0 Å². The molecule has 0 spiro atoms. The van der Waals surface area contributed by atoms with Crippen molar-refractivity contribution in [2.45, 2.75) is 32.6 Å². The Balaban J connectivity index is 1.76. The predicted molar refractivity (Wildman–Crippen MR) is 101 cm³/mol. The average Bonchev–Trinajstić information content (AvgIpc) is 3.11. The third kappa shape index (κ3) is 2.61. The zero-order valence-corrected chi connectivity index (χ0v) is 15.0. The van der Waals surface area contributed by atoms with Crippen LogP contribution in [0.1, 0.15) is 46.1 Å². The number of aryl methyl sites for hydroxylation is 2. The molecule has 3 aromatic heterocycles. The van der Waals surface area contributed by atoms with Crippen molar-refractivity contribution in [2.24, 2.45) is 7.05 Å². The van der Waals surface area contributed by atoms with Crippen molar-refractivity contribution >= 4 is 33.7 Å². The van der Waals surface area contributed by atoms with Crippen molar-refractivity contribution in [3.8, 4) is 6.07 Å². The highest BCUT2D eigenvalue weighted by Crippen LogP contribution is 2.33. The molecule has 0 unspecified atom stereocenters. The van der Waals surface area contributed by atoms with Gasteiger partial charge in [0.2, 0.25) is 0 Å². The Kier molecular flexibility index (Phi) is 3.81. The third-order valence-electron chi connectivity index (χ3n) is 4.95. The Labute approximate surface area is 149 Å². The molecule has 1 aliphatic rings. The maximum Gasteiger partial charge on any atom is 0.260 e. The fourth-order valence-electron chi connectivity index (χ4n) is 3.43. The van der Waals surface area contributed by atoms with Gasteiger partial charge in [-0.05, 0) is 62.0 Å². The minimum atomic E-state index is -0.0495. The van der Waals surface area contributed by atoms with Crippen LogP contribution in [0.4, 0.5) is 0 Å². The molecule has 0 fully saturated rings. The Morgan fingerprint density at radius 2 is 2.16 bits per heavy atom. The number of H-pyrrole nitrogens is 1. The zero-order chi connectivity index (χ0) is 17.6. The summed E-state index contributed by atoms with van der Waals surface area (Å²) >= 11 is 1.65. The molecule has 6 heteroatoms. The van der Waals surface area contributed by atoms with E-state index in [4.69, 9.17) is 5.26 Å². The van der Waals surface area contributed by atoms with Gasteiger partial charge in [0.1, 0.15) is 22.4 Å². The molecule has 0 saturated carbocycles. The smallest absolute Gasteiger partial charge is 0.260 e. The van der Waals surface area contributed by atoms with E-state index in [1.807, 2.05) is 36.8 Å². The number of thiophene rings is 1. The summed E-state index contributed by atoms with van der Waals surface area (Å²) in [6, 6.07) is 4.01. The molecule has 5 nitrogen and oxygen atoms in total. The molecule has 3 aromatic rings. The van der Waals surface area contributed by atoms with E-state index in [1.54, 1.807) is 11.3 Å². The summed E-state index contributed by atoms with van der Waals surface area (Å²) < 4.78 is 1.85. The van der Waals surface area contributed by atoms with E-state index in [2.05, 4.69) is 16.0 Å². The fourth-order valence-corrected chi connectivity index (χ4v) is 4.70. The van der Waals surface area contributed by atoms with Gasteiger partial charge < -0.3 is 9.55 Å². The molecular formula is C19H18N4OS. The molecule has 126 valence electrons. The van der Waals surface area contributed by atoms with Gasteiger partial charge in [0.05, 0.1) is 5.39 Å². The SMILES string of the molecule is Cc1c(/C=C/c2nc3sc4c(c3c(=O)[nH]2)CCCC4)cc(C#N)n1C. The van der Waals surface area contributed by atoms with Crippen molar-refractivity contribution in [3.63, 3.8) is 0 Å². The minimum Gasteiger partial charge on any atom is -0.339 e. The van der Waals surface area contributed by atoms with Gasteiger partial charge in [0, 0.05) is 17.6 Å². The Morgan fingerprint density at radius 3 is 2.92 bits per heavy atom. The molecule has 0 radical (unpaired) electrons. The van der Waals surface area contributed by atoms with Crippen molar-refractivity contribution in [1.82, 2.24) is 14.5 Å². The average molecular weight is 350 g/mol. The van der Waals surface area contributed by atoms with Crippen LogP contribution in [-0.2, 0) is 19.9 Å². The number of aromatic nitrogens is 3. The number of nitriles is 1. The normalized spacial score (nSPS) is 14.1. The number of rotatable bonds is 2. The van der Waals surface area contributed by atoms with Gasteiger partial charge in [-0.2, -0.15) is 5.26 Å². The molecular weight excluding hydrogens is 332 g/mol. The first-order valence-corrected chi connectivity index (χ1v) is 9.19. The fraction of sp³-hybridized carbons (Fsp3) is 0.316. The van der Waals surface area contributed by atoms with Crippen LogP contribution in [0, 0.1) is 18.3 Å². The van der Waals surface area contributed by atoms with Gasteiger partial charge >= 0.3 is 0 Å². The molecule has 0 aromatic carbocycles. The van der Waals surface area contributed by atoms with Crippen LogP contribution in [0.2, 0.25) is 0 Å². The summed E-state index contributed by atoms with van der Waals surface area (Å²) in [5.41, 5.74) is 3.72. The van der Waals surface area contributed by atoms with Crippen molar-refractivity contribution in [3.05, 3.63) is 49.6 Å². The lowest BCUT2D eigenvalue weighted by Crippen LogP contribution is -2.11. The molecule has 1 N–H and O–H groups in total. The molecule has 0 bridgehead atoms. The first-order valence-electron chi connectivity index (χ1n) is 8.37. The van der Waals surface area contributed by atoms with Crippen molar-refractivity contribution in [2.75, 3.05) is 0 Å². The van der Waals surface area contributed by atoms with Crippen LogP contribution >= 0.6 is 11.3 Å². The summed E-state index contributed by atoms with van der Waals surface area (Å²) in [6.45, 7) is 1.97. The number of aromatic amines is 1. The van der Waals surface area contributed by atoms with Crippen LogP contribution in [0.5, 0.6) is 0 Å². The maximum atomic E-state index is 12.5. The van der Waals surface area contributed by atoms with Gasteiger partial charge in [-0.15, -0.1) is 11.3 Å². The summed E-state index contributed by atoms with van der Waals surface area (Å²) in [5, 5.41) is 9.90. The van der Waals surface area contributed by atoms with Crippen LogP contribution in [0.25, 0.3) is 22.4 Å². The number of nitrogens with one attached hydrogen (secondary N) is 1. The Bertz CT molecular complexity index is 1110. The lowest BCUT2D eigenvalue weighted by atomic mass is 9.97. The largest absolute Gasteiger partial charge is 0.339 e. The number of hydrogen-bond acceptors (Lipinski definition) is 4. The Hall–Kier alpha value is -2.65. The lowest BCUT2D eigenvalue weighted by Gasteiger charge is -2.09. The van der Waals surface area contributed by atoms with Gasteiger partial charge in [-0.3, -0.25) is 4.79 Å². The summed E-state index contributed by atoms with van der Waals surface area (Å²) in [7, 11) is 1.87. The second kappa shape index (κ2) is 6.01. The van der Waals surface area contributed by atoms with E-state index in [9.17, 15) is 4.79 Å². The predicted octanol–water partition coefficient (Wildman–Crippen LogP) is 3.55. The first-order chi connectivity index (χ1) is 12.1. The zero-order valence-electron chi connectivity index (χ0n) is 14.2. The van der Waals surface area contributed by atoms with E-state index >= 15 is 0 Å². The van der Waals surface area contributed by atoms with Crippen LogP contribution < -0.4 is 5.56 Å². The molecule has 0 aliphatic heterocycles. The highest BCUT2D eigenvalue weighted by Gasteiger charge is 2.19. The molecule has 25 heavy (non-hydrogen) atoms. The molecule has 0 amide bonds. The molecule has 0 saturated heterocycles. The molecule has 4 rings (SSSR count). The first kappa shape index (κ1) is 15.9. The van der Waals surface area contributed by atoms with E-state index in [1.165, 1.54) is 16.9 Å².